The fraction of sp³-hybridized carbons (Fsp3) is 0.435. The van der Waals surface area contributed by atoms with Crippen molar-refractivity contribution in [2.75, 3.05) is 12.4 Å². The van der Waals surface area contributed by atoms with E-state index in [1.54, 1.807) is 20.8 Å². The minimum absolute atomic E-state index is 0.00948. The average molecular weight is 527 g/mol. The standard InChI is InChI=1S/C23H25F4N5O5/c1-21(2,3)37-20(34)31-19-32-22(4,10-15(36-19)23(25,26)27)17-13(24)7-9-16(29-17)30-18(33)14-8-6-12(35-5)11-28-14/h6-9,11,15H,10H2,1-5H3,(H,29,30,33)(H,31,32,34). The molecule has 2 aromatic heterocycles. The third-order valence-electron chi connectivity index (χ3n) is 4.96. The van der Waals surface area contributed by atoms with Crippen LogP contribution in [0.4, 0.5) is 28.2 Å². The number of methoxy groups -OCH3 is 1. The molecule has 3 heterocycles. The van der Waals surface area contributed by atoms with E-state index in [1.807, 2.05) is 5.32 Å². The zero-order valence-electron chi connectivity index (χ0n) is 20.6. The summed E-state index contributed by atoms with van der Waals surface area (Å²) in [6, 6.07) is 4.13. The van der Waals surface area contributed by atoms with E-state index in [1.165, 1.54) is 32.4 Å². The van der Waals surface area contributed by atoms with E-state index in [9.17, 15) is 27.2 Å². The molecule has 0 aliphatic carbocycles. The summed E-state index contributed by atoms with van der Waals surface area (Å²) in [5.41, 5.74) is -3.41. The molecule has 2 atom stereocenters. The Morgan fingerprint density at radius 3 is 2.41 bits per heavy atom. The molecular weight excluding hydrogens is 502 g/mol. The van der Waals surface area contributed by atoms with Gasteiger partial charge in [0.05, 0.1) is 13.3 Å². The Morgan fingerprint density at radius 2 is 1.84 bits per heavy atom. The second kappa shape index (κ2) is 10.2. The van der Waals surface area contributed by atoms with E-state index in [2.05, 4.69) is 20.3 Å². The summed E-state index contributed by atoms with van der Waals surface area (Å²) < 4.78 is 70.7. The number of alkyl carbamates (subject to hydrolysis) is 1. The second-order valence-corrected chi connectivity index (χ2v) is 9.23. The largest absolute Gasteiger partial charge is 0.495 e. The average Bonchev–Trinajstić information content (AvgIpc) is 2.78. The first-order valence-electron chi connectivity index (χ1n) is 10.9. The van der Waals surface area contributed by atoms with Gasteiger partial charge in [-0.05, 0) is 52.0 Å². The van der Waals surface area contributed by atoms with Crippen molar-refractivity contribution in [2.24, 2.45) is 4.99 Å². The van der Waals surface area contributed by atoms with Crippen molar-refractivity contribution >= 4 is 23.8 Å². The van der Waals surface area contributed by atoms with Crippen LogP contribution in [-0.2, 0) is 15.0 Å². The summed E-state index contributed by atoms with van der Waals surface area (Å²) in [6.45, 7) is 5.87. The lowest BCUT2D eigenvalue weighted by atomic mass is 9.89. The number of aliphatic imine (C=N–C) groups is 1. The van der Waals surface area contributed by atoms with E-state index in [0.717, 1.165) is 12.1 Å². The molecule has 2 N–H and O–H groups in total. The summed E-state index contributed by atoms with van der Waals surface area (Å²) in [5, 5.41) is 4.45. The lowest BCUT2D eigenvalue weighted by Gasteiger charge is -2.36. The van der Waals surface area contributed by atoms with Crippen LogP contribution in [0.15, 0.2) is 35.5 Å². The molecule has 0 saturated heterocycles. The highest BCUT2D eigenvalue weighted by Crippen LogP contribution is 2.40. The number of hydrogen-bond acceptors (Lipinski definition) is 8. The molecule has 0 bridgehead atoms. The molecule has 2 amide bonds. The Bertz CT molecular complexity index is 1200. The highest BCUT2D eigenvalue weighted by atomic mass is 19.4. The van der Waals surface area contributed by atoms with E-state index < -0.39 is 59.4 Å². The van der Waals surface area contributed by atoms with Crippen LogP contribution in [0.25, 0.3) is 0 Å². The Balaban J connectivity index is 1.93. The fourth-order valence-electron chi connectivity index (χ4n) is 3.32. The zero-order valence-corrected chi connectivity index (χ0v) is 20.6. The molecule has 0 radical (unpaired) electrons. The number of pyridine rings is 2. The van der Waals surface area contributed by atoms with Crippen molar-refractivity contribution < 1.29 is 41.4 Å². The Kier molecular flexibility index (Phi) is 7.60. The first-order valence-corrected chi connectivity index (χ1v) is 10.9. The molecule has 1 aliphatic rings. The number of aromatic nitrogens is 2. The van der Waals surface area contributed by atoms with Crippen molar-refractivity contribution in [2.45, 2.75) is 57.5 Å². The molecule has 1 aliphatic heterocycles. The molecule has 2 unspecified atom stereocenters. The molecule has 0 aromatic carbocycles. The number of alkyl halides is 3. The summed E-state index contributed by atoms with van der Waals surface area (Å²) in [4.78, 5) is 36.6. The Labute approximate surface area is 209 Å². The van der Waals surface area contributed by atoms with E-state index >= 15 is 0 Å². The maximum Gasteiger partial charge on any atom is 0.425 e. The Hall–Kier alpha value is -3.97. The van der Waals surface area contributed by atoms with Gasteiger partial charge in [-0.3, -0.25) is 4.79 Å². The van der Waals surface area contributed by atoms with Crippen LogP contribution in [-0.4, -0.2) is 53.0 Å². The summed E-state index contributed by atoms with van der Waals surface area (Å²) in [7, 11) is 1.43. The monoisotopic (exact) mass is 527 g/mol. The van der Waals surface area contributed by atoms with Gasteiger partial charge in [-0.15, -0.1) is 0 Å². The highest BCUT2D eigenvalue weighted by Gasteiger charge is 2.51. The predicted molar refractivity (Wildman–Crippen MR) is 123 cm³/mol. The van der Waals surface area contributed by atoms with Gasteiger partial charge in [-0.1, -0.05) is 0 Å². The molecular formula is C23H25F4N5O5. The first kappa shape index (κ1) is 27.6. The van der Waals surface area contributed by atoms with Gasteiger partial charge in [0.2, 0.25) is 0 Å². The molecule has 2 aromatic rings. The predicted octanol–water partition coefficient (Wildman–Crippen LogP) is 4.32. The molecule has 10 nitrogen and oxygen atoms in total. The van der Waals surface area contributed by atoms with Crippen molar-refractivity contribution in [1.29, 1.82) is 0 Å². The van der Waals surface area contributed by atoms with Gasteiger partial charge in [0.25, 0.3) is 11.9 Å². The molecule has 0 fully saturated rings. The molecule has 0 spiro atoms. The zero-order chi connectivity index (χ0) is 27.6. The maximum atomic E-state index is 14.9. The fourth-order valence-corrected chi connectivity index (χ4v) is 3.32. The van der Waals surface area contributed by atoms with E-state index in [0.29, 0.717) is 5.75 Å². The maximum absolute atomic E-state index is 14.9. The van der Waals surface area contributed by atoms with Gasteiger partial charge in [0, 0.05) is 6.42 Å². The number of nitrogens with zero attached hydrogens (tertiary/aromatic N) is 3. The normalized spacial score (nSPS) is 19.8. The van der Waals surface area contributed by atoms with Gasteiger partial charge in [0.1, 0.15) is 39.9 Å². The van der Waals surface area contributed by atoms with Gasteiger partial charge in [-0.2, -0.15) is 13.2 Å². The number of ether oxygens (including phenoxy) is 3. The smallest absolute Gasteiger partial charge is 0.425 e. The van der Waals surface area contributed by atoms with Crippen LogP contribution < -0.4 is 15.4 Å². The van der Waals surface area contributed by atoms with Gasteiger partial charge < -0.3 is 19.5 Å². The van der Waals surface area contributed by atoms with E-state index in [4.69, 9.17) is 14.2 Å². The SMILES string of the molecule is COc1ccc(C(=O)Nc2ccc(F)c(C3(C)CC(C(F)(F)F)OC(NC(=O)OC(C)(C)C)=N3)n2)nc1. The number of anilines is 1. The third-order valence-corrected chi connectivity index (χ3v) is 4.96. The third kappa shape index (κ3) is 7.05. The summed E-state index contributed by atoms with van der Waals surface area (Å²) in [6.07, 6.45) is -7.97. The van der Waals surface area contributed by atoms with Crippen LogP contribution in [0.1, 0.15) is 50.3 Å². The molecule has 0 saturated carbocycles. The molecule has 37 heavy (non-hydrogen) atoms. The van der Waals surface area contributed by atoms with Gasteiger partial charge in [-0.25, -0.2) is 29.5 Å². The van der Waals surface area contributed by atoms with Crippen molar-refractivity contribution in [3.63, 3.8) is 0 Å². The van der Waals surface area contributed by atoms with Crippen molar-refractivity contribution in [3.05, 3.63) is 47.7 Å². The highest BCUT2D eigenvalue weighted by molar-refractivity contribution is 6.02. The van der Waals surface area contributed by atoms with Gasteiger partial charge in [0.15, 0.2) is 6.10 Å². The van der Waals surface area contributed by atoms with Crippen LogP contribution >= 0.6 is 0 Å². The topological polar surface area (TPSA) is 124 Å². The van der Waals surface area contributed by atoms with Crippen molar-refractivity contribution in [1.82, 2.24) is 15.3 Å². The van der Waals surface area contributed by atoms with E-state index in [-0.39, 0.29) is 11.5 Å². The number of hydrogen-bond donors (Lipinski definition) is 2. The summed E-state index contributed by atoms with van der Waals surface area (Å²) in [5.74, 6) is -1.42. The Morgan fingerprint density at radius 1 is 1.14 bits per heavy atom. The number of carbonyl (C=O) groups excluding carboxylic acids is 2. The number of amides is 2. The molecule has 200 valence electrons. The minimum atomic E-state index is -4.87. The summed E-state index contributed by atoms with van der Waals surface area (Å²) >= 11 is 0. The molecule has 3 rings (SSSR count). The van der Waals surface area contributed by atoms with Crippen LogP contribution in [0.5, 0.6) is 5.75 Å². The number of amidine groups is 1. The number of halogens is 4. The van der Waals surface area contributed by atoms with Crippen molar-refractivity contribution in [3.8, 4) is 5.75 Å². The second-order valence-electron chi connectivity index (χ2n) is 9.23. The van der Waals surface area contributed by atoms with Crippen LogP contribution in [0, 0.1) is 5.82 Å². The lowest BCUT2D eigenvalue weighted by Crippen LogP contribution is -2.49. The first-order chi connectivity index (χ1) is 17.1. The molecule has 14 heteroatoms. The number of rotatable bonds is 4. The van der Waals surface area contributed by atoms with Gasteiger partial charge >= 0.3 is 12.3 Å². The van der Waals surface area contributed by atoms with Crippen LogP contribution in [0.2, 0.25) is 0 Å². The number of nitrogens with one attached hydrogen (secondary N) is 2. The number of carbonyl (C=O) groups is 2. The van der Waals surface area contributed by atoms with Crippen LogP contribution in [0.3, 0.4) is 0 Å². The lowest BCUT2D eigenvalue weighted by molar-refractivity contribution is -0.208. The minimum Gasteiger partial charge on any atom is -0.495 e. The quantitative estimate of drug-likeness (QED) is 0.568.